The third-order valence-electron chi connectivity index (χ3n) is 0.938. The van der Waals surface area contributed by atoms with Gasteiger partial charge in [0.15, 0.2) is 0 Å². The molecule has 52 valence electrons. The molecule has 0 aromatic carbocycles. The summed E-state index contributed by atoms with van der Waals surface area (Å²) in [6.45, 7) is 1.29. The highest BCUT2D eigenvalue weighted by molar-refractivity contribution is 7.03. The van der Waals surface area contributed by atoms with Crippen molar-refractivity contribution in [3.8, 4) is 12.3 Å². The van der Waals surface area contributed by atoms with Crippen molar-refractivity contribution < 1.29 is 0 Å². The summed E-state index contributed by atoms with van der Waals surface area (Å²) in [7, 11) is 0. The van der Waals surface area contributed by atoms with Gasteiger partial charge in [-0.1, -0.05) is 10.4 Å². The molecule has 0 radical (unpaired) electrons. The van der Waals surface area contributed by atoms with Crippen LogP contribution in [-0.4, -0.2) is 16.1 Å². The topological polar surface area (TPSA) is 37.8 Å². The molecule has 0 aliphatic heterocycles. The van der Waals surface area contributed by atoms with Gasteiger partial charge in [0.25, 0.3) is 0 Å². The molecule has 0 bridgehead atoms. The van der Waals surface area contributed by atoms with Gasteiger partial charge in [0.1, 0.15) is 0 Å². The van der Waals surface area contributed by atoms with Gasteiger partial charge in [-0.05, 0) is 11.5 Å². The second-order valence-corrected chi connectivity index (χ2v) is 2.31. The third kappa shape index (κ3) is 2.13. The van der Waals surface area contributed by atoms with Crippen molar-refractivity contribution in [3.05, 3.63) is 11.1 Å². The number of rotatable bonds is 3. The zero-order chi connectivity index (χ0) is 7.23. The van der Waals surface area contributed by atoms with Gasteiger partial charge >= 0.3 is 0 Å². The predicted molar refractivity (Wildman–Crippen MR) is 40.4 cm³/mol. The van der Waals surface area contributed by atoms with Crippen molar-refractivity contribution in [2.75, 3.05) is 6.54 Å². The molecular weight excluding hydrogens is 146 g/mol. The molecule has 4 heteroatoms. The van der Waals surface area contributed by atoms with Gasteiger partial charge in [-0.3, -0.25) is 0 Å². The molecule has 1 aromatic rings. The first-order valence-electron chi connectivity index (χ1n) is 2.83. The Morgan fingerprint density at radius 2 is 2.70 bits per heavy atom. The fourth-order valence-electron chi connectivity index (χ4n) is 0.524. The van der Waals surface area contributed by atoms with E-state index in [1.807, 2.05) is 5.38 Å². The summed E-state index contributed by atoms with van der Waals surface area (Å²) in [5, 5.41) is 8.72. The fraction of sp³-hybridized carbons (Fsp3) is 0.333. The lowest BCUT2D eigenvalue weighted by atomic mass is 10.5. The summed E-state index contributed by atoms with van der Waals surface area (Å²) in [5.41, 5.74) is 0.945. The highest BCUT2D eigenvalue weighted by atomic mass is 32.1. The number of nitrogens with zero attached hydrogens (tertiary/aromatic N) is 2. The Labute approximate surface area is 63.6 Å². The van der Waals surface area contributed by atoms with Crippen LogP contribution in [-0.2, 0) is 6.54 Å². The summed E-state index contributed by atoms with van der Waals surface area (Å²) >= 11 is 1.34. The predicted octanol–water partition coefficient (Wildman–Crippen LogP) is 0.261. The number of hydrogen-bond donors (Lipinski definition) is 1. The monoisotopic (exact) mass is 153 g/mol. The highest BCUT2D eigenvalue weighted by Crippen LogP contribution is 1.94. The molecule has 1 N–H and O–H groups in total. The molecule has 0 saturated heterocycles. The molecule has 1 aromatic heterocycles. The van der Waals surface area contributed by atoms with Crippen molar-refractivity contribution in [2.45, 2.75) is 6.54 Å². The van der Waals surface area contributed by atoms with Crippen LogP contribution in [0.1, 0.15) is 5.69 Å². The quantitative estimate of drug-likeness (QED) is 0.500. The Balaban J connectivity index is 2.23. The molecule has 0 fully saturated rings. The maximum Gasteiger partial charge on any atom is 0.0893 e. The highest BCUT2D eigenvalue weighted by Gasteiger charge is 1.91. The molecule has 0 spiro atoms. The van der Waals surface area contributed by atoms with Crippen LogP contribution in [0.25, 0.3) is 0 Å². The summed E-state index contributed by atoms with van der Waals surface area (Å²) in [6, 6.07) is 0. The first-order valence-corrected chi connectivity index (χ1v) is 3.67. The van der Waals surface area contributed by atoms with Gasteiger partial charge in [-0.25, -0.2) is 0 Å². The van der Waals surface area contributed by atoms with Crippen molar-refractivity contribution in [1.29, 1.82) is 0 Å². The normalized spacial score (nSPS) is 9.10. The maximum absolute atomic E-state index is 5.02. The van der Waals surface area contributed by atoms with Crippen molar-refractivity contribution in [1.82, 2.24) is 14.9 Å². The lowest BCUT2D eigenvalue weighted by Crippen LogP contribution is -2.13. The zero-order valence-electron chi connectivity index (χ0n) is 5.37. The largest absolute Gasteiger partial charge is 0.300 e. The summed E-state index contributed by atoms with van der Waals surface area (Å²) < 4.78 is 3.70. The summed E-state index contributed by atoms with van der Waals surface area (Å²) in [4.78, 5) is 0. The second kappa shape index (κ2) is 3.99. The van der Waals surface area contributed by atoms with Crippen molar-refractivity contribution in [2.24, 2.45) is 0 Å². The van der Waals surface area contributed by atoms with E-state index in [0.717, 1.165) is 5.69 Å². The Bertz CT molecular complexity index is 211. The molecule has 0 atom stereocenters. The molecule has 0 aliphatic carbocycles. The van der Waals surface area contributed by atoms with Gasteiger partial charge < -0.3 is 5.32 Å². The van der Waals surface area contributed by atoms with Crippen LogP contribution in [0.5, 0.6) is 0 Å². The van der Waals surface area contributed by atoms with Crippen LogP contribution in [0, 0.1) is 12.3 Å². The second-order valence-electron chi connectivity index (χ2n) is 1.70. The fourth-order valence-corrected chi connectivity index (χ4v) is 0.975. The molecule has 0 unspecified atom stereocenters. The van der Waals surface area contributed by atoms with E-state index in [1.54, 1.807) is 0 Å². The van der Waals surface area contributed by atoms with Crippen molar-refractivity contribution in [3.63, 3.8) is 0 Å². The minimum atomic E-state index is 0.581. The number of aromatic nitrogens is 2. The Hall–Kier alpha value is -0.920. The standard InChI is InChI=1S/C6H7N3S/c1-2-3-7-4-6-5-10-9-8-6/h1,5,7H,3-4H2. The van der Waals surface area contributed by atoms with E-state index in [2.05, 4.69) is 20.8 Å². The van der Waals surface area contributed by atoms with Gasteiger partial charge in [-0.15, -0.1) is 11.5 Å². The van der Waals surface area contributed by atoms with Gasteiger partial charge in [0, 0.05) is 11.9 Å². The molecule has 0 aliphatic rings. The first-order chi connectivity index (χ1) is 4.93. The van der Waals surface area contributed by atoms with Gasteiger partial charge in [0.05, 0.1) is 12.2 Å². The van der Waals surface area contributed by atoms with E-state index < -0.39 is 0 Å². The van der Waals surface area contributed by atoms with E-state index in [1.165, 1.54) is 11.5 Å². The lowest BCUT2D eigenvalue weighted by molar-refractivity contribution is 0.745. The van der Waals surface area contributed by atoms with E-state index in [0.29, 0.717) is 13.1 Å². The Kier molecular flexibility index (Phi) is 2.87. The molecule has 10 heavy (non-hydrogen) atoms. The van der Waals surface area contributed by atoms with E-state index in [4.69, 9.17) is 6.42 Å². The van der Waals surface area contributed by atoms with Crippen LogP contribution in [0.15, 0.2) is 5.38 Å². The van der Waals surface area contributed by atoms with Crippen molar-refractivity contribution >= 4 is 11.5 Å². The lowest BCUT2D eigenvalue weighted by Gasteiger charge is -1.92. The minimum absolute atomic E-state index is 0.581. The number of hydrogen-bond acceptors (Lipinski definition) is 4. The van der Waals surface area contributed by atoms with Crippen LogP contribution < -0.4 is 5.32 Å². The molecule has 0 amide bonds. The van der Waals surface area contributed by atoms with Gasteiger partial charge in [0.2, 0.25) is 0 Å². The molecule has 1 rings (SSSR count). The van der Waals surface area contributed by atoms with Crippen LogP contribution in [0.4, 0.5) is 0 Å². The molecule has 3 nitrogen and oxygen atoms in total. The number of nitrogens with one attached hydrogen (secondary N) is 1. The van der Waals surface area contributed by atoms with Crippen LogP contribution in [0.3, 0.4) is 0 Å². The average molecular weight is 153 g/mol. The van der Waals surface area contributed by atoms with E-state index >= 15 is 0 Å². The van der Waals surface area contributed by atoms with Crippen LogP contribution in [0.2, 0.25) is 0 Å². The Morgan fingerprint density at radius 1 is 1.80 bits per heavy atom. The minimum Gasteiger partial charge on any atom is -0.300 e. The zero-order valence-corrected chi connectivity index (χ0v) is 6.19. The number of terminal acetylenes is 1. The van der Waals surface area contributed by atoms with Gasteiger partial charge in [-0.2, -0.15) is 0 Å². The molecule has 1 heterocycles. The molecular formula is C6H7N3S. The smallest absolute Gasteiger partial charge is 0.0893 e. The maximum atomic E-state index is 5.02. The molecule has 0 saturated carbocycles. The summed E-state index contributed by atoms with van der Waals surface area (Å²) in [6.07, 6.45) is 5.02. The van der Waals surface area contributed by atoms with E-state index in [9.17, 15) is 0 Å². The van der Waals surface area contributed by atoms with E-state index in [-0.39, 0.29) is 0 Å². The summed E-state index contributed by atoms with van der Waals surface area (Å²) in [5.74, 6) is 2.47. The Morgan fingerprint density at radius 3 is 3.30 bits per heavy atom. The third-order valence-corrected chi connectivity index (χ3v) is 1.49. The SMILES string of the molecule is C#CCNCc1csnn1. The first kappa shape index (κ1) is 7.19. The van der Waals surface area contributed by atoms with Crippen LogP contribution >= 0.6 is 11.5 Å². The average Bonchev–Trinajstić information content (AvgIpc) is 2.41.